The molecule has 2 rings (SSSR count). The zero-order chi connectivity index (χ0) is 16.1. The summed E-state index contributed by atoms with van der Waals surface area (Å²) in [6.45, 7) is 14.1. The van der Waals surface area contributed by atoms with Gasteiger partial charge in [0.05, 0.1) is 0 Å². The normalized spacial score (nSPS) is 34.4. The first-order valence-corrected chi connectivity index (χ1v) is 8.59. The topological polar surface area (TPSA) is 37.3 Å². The summed E-state index contributed by atoms with van der Waals surface area (Å²) >= 11 is 0. The van der Waals surface area contributed by atoms with Gasteiger partial charge in [0.15, 0.2) is 0 Å². The zero-order valence-corrected chi connectivity index (χ0v) is 14.5. The molecule has 0 radical (unpaired) electrons. The van der Waals surface area contributed by atoms with E-state index in [0.29, 0.717) is 10.8 Å². The first kappa shape index (κ1) is 18.3. The van der Waals surface area contributed by atoms with Crippen LogP contribution in [0.25, 0.3) is 0 Å². The van der Waals surface area contributed by atoms with Gasteiger partial charge in [-0.25, -0.2) is 0 Å². The minimum absolute atomic E-state index is 0.250. The Morgan fingerprint density at radius 1 is 1.33 bits per heavy atom. The molecule has 21 heavy (non-hydrogen) atoms. The number of allylic oxidation sites excluding steroid dienone is 1. The third-order valence-corrected chi connectivity index (χ3v) is 6.17. The van der Waals surface area contributed by atoms with E-state index in [0.717, 1.165) is 11.8 Å². The summed E-state index contributed by atoms with van der Waals surface area (Å²) in [7, 11) is 0. The van der Waals surface area contributed by atoms with Gasteiger partial charge in [-0.15, -0.1) is 0 Å². The molecule has 122 valence electrons. The van der Waals surface area contributed by atoms with Crippen molar-refractivity contribution in [1.29, 1.82) is 0 Å². The monoisotopic (exact) mass is 294 g/mol. The van der Waals surface area contributed by atoms with Gasteiger partial charge in [-0.3, -0.25) is 4.79 Å². The quantitative estimate of drug-likeness (QED) is 0.537. The third kappa shape index (κ3) is 3.90. The van der Waals surface area contributed by atoms with Crippen LogP contribution in [0, 0.1) is 22.7 Å². The number of rotatable bonds is 3. The Labute approximate surface area is 131 Å². The van der Waals surface area contributed by atoms with Crippen LogP contribution in [0.2, 0.25) is 0 Å². The molecule has 0 bridgehead atoms. The van der Waals surface area contributed by atoms with Crippen LogP contribution in [-0.2, 0) is 4.79 Å². The third-order valence-electron chi connectivity index (χ3n) is 6.17. The van der Waals surface area contributed by atoms with Crippen LogP contribution >= 0.6 is 0 Å². The largest absolute Gasteiger partial charge is 0.483 e. The highest BCUT2D eigenvalue weighted by molar-refractivity contribution is 5.32. The van der Waals surface area contributed by atoms with Crippen molar-refractivity contribution in [3.05, 3.63) is 12.2 Å². The van der Waals surface area contributed by atoms with Crippen molar-refractivity contribution in [2.24, 2.45) is 22.7 Å². The summed E-state index contributed by atoms with van der Waals surface area (Å²) in [6, 6.07) is 0. The molecule has 0 spiro atoms. The second kappa shape index (κ2) is 7.47. The van der Waals surface area contributed by atoms with Crippen molar-refractivity contribution >= 4 is 6.47 Å². The fourth-order valence-electron chi connectivity index (χ4n) is 5.22. The second-order valence-corrected chi connectivity index (χ2v) is 7.90. The zero-order valence-electron chi connectivity index (χ0n) is 14.5. The molecule has 0 heterocycles. The summed E-state index contributed by atoms with van der Waals surface area (Å²) in [5, 5.41) is 6.89. The van der Waals surface area contributed by atoms with E-state index in [4.69, 9.17) is 9.90 Å². The molecule has 0 amide bonds. The van der Waals surface area contributed by atoms with E-state index in [-0.39, 0.29) is 6.47 Å². The first-order chi connectivity index (χ1) is 9.83. The maximum atomic E-state index is 8.36. The molecular formula is C19H34O2. The lowest BCUT2D eigenvalue weighted by atomic mass is 9.47. The predicted molar refractivity (Wildman–Crippen MR) is 89.3 cm³/mol. The van der Waals surface area contributed by atoms with Gasteiger partial charge in [0.1, 0.15) is 0 Å². The maximum Gasteiger partial charge on any atom is 0.290 e. The Bertz CT molecular complexity index is 359. The maximum absolute atomic E-state index is 8.36. The van der Waals surface area contributed by atoms with Gasteiger partial charge >= 0.3 is 0 Å². The fraction of sp³-hybridized carbons (Fsp3) is 0.842. The molecular weight excluding hydrogens is 260 g/mol. The minimum atomic E-state index is -0.250. The summed E-state index contributed by atoms with van der Waals surface area (Å²) in [5.74, 6) is 1.72. The van der Waals surface area contributed by atoms with E-state index < -0.39 is 0 Å². The standard InChI is InChI=1S/C18H32.CH2O2/c1-6-7-9-15-14(2)10-11-16-17(3,4)12-8-13-18(15,16)5;2-1-3/h15-16H,2,6-13H2,1,3-5H3;1H,(H,2,3). The van der Waals surface area contributed by atoms with Gasteiger partial charge in [-0.2, -0.15) is 0 Å². The van der Waals surface area contributed by atoms with Crippen LogP contribution in [0.5, 0.6) is 0 Å². The SMILES string of the molecule is C=C1CCC2C(C)(C)CCCC2(C)C1CCCC.O=CO. The van der Waals surface area contributed by atoms with Crippen LogP contribution in [0.3, 0.4) is 0 Å². The molecule has 2 fully saturated rings. The highest BCUT2D eigenvalue weighted by atomic mass is 16.3. The van der Waals surface area contributed by atoms with Crippen molar-refractivity contribution in [3.8, 4) is 0 Å². The van der Waals surface area contributed by atoms with Gasteiger partial charge in [0.25, 0.3) is 6.47 Å². The minimum Gasteiger partial charge on any atom is -0.483 e. The molecule has 1 N–H and O–H groups in total. The van der Waals surface area contributed by atoms with Gasteiger partial charge in [-0.05, 0) is 54.8 Å². The molecule has 0 saturated heterocycles. The Morgan fingerprint density at radius 3 is 2.52 bits per heavy atom. The van der Waals surface area contributed by atoms with Crippen LogP contribution in [0.15, 0.2) is 12.2 Å². The van der Waals surface area contributed by atoms with Crippen LogP contribution < -0.4 is 0 Å². The van der Waals surface area contributed by atoms with E-state index in [1.165, 1.54) is 51.4 Å². The number of fused-ring (bicyclic) bond motifs is 1. The number of carboxylic acid groups (broad SMARTS) is 1. The van der Waals surface area contributed by atoms with Crippen molar-refractivity contribution in [3.63, 3.8) is 0 Å². The first-order valence-electron chi connectivity index (χ1n) is 8.59. The molecule has 2 heteroatoms. The molecule has 2 aliphatic carbocycles. The summed E-state index contributed by atoms with van der Waals surface area (Å²) < 4.78 is 0. The van der Waals surface area contributed by atoms with Crippen molar-refractivity contribution in [2.45, 2.75) is 79.1 Å². The summed E-state index contributed by atoms with van der Waals surface area (Å²) in [4.78, 5) is 8.36. The van der Waals surface area contributed by atoms with Crippen molar-refractivity contribution < 1.29 is 9.90 Å². The average Bonchev–Trinajstić information content (AvgIpc) is 2.38. The smallest absolute Gasteiger partial charge is 0.290 e. The van der Waals surface area contributed by atoms with Crippen LogP contribution in [-0.4, -0.2) is 11.6 Å². The van der Waals surface area contributed by atoms with Crippen LogP contribution in [0.4, 0.5) is 0 Å². The Morgan fingerprint density at radius 2 is 1.95 bits per heavy atom. The summed E-state index contributed by atoms with van der Waals surface area (Å²) in [5.41, 5.74) is 2.67. The number of carbonyl (C=O) groups is 1. The van der Waals surface area contributed by atoms with Crippen molar-refractivity contribution in [1.82, 2.24) is 0 Å². The molecule has 2 aliphatic rings. The summed E-state index contributed by atoms with van der Waals surface area (Å²) in [6.07, 6.45) is 11.1. The molecule has 0 aliphatic heterocycles. The Kier molecular flexibility index (Phi) is 6.49. The van der Waals surface area contributed by atoms with E-state index >= 15 is 0 Å². The van der Waals surface area contributed by atoms with Crippen LogP contribution in [0.1, 0.15) is 79.1 Å². The van der Waals surface area contributed by atoms with E-state index in [1.54, 1.807) is 5.57 Å². The molecule has 3 atom stereocenters. The van der Waals surface area contributed by atoms with Gasteiger partial charge in [0.2, 0.25) is 0 Å². The van der Waals surface area contributed by atoms with E-state index in [1.807, 2.05) is 0 Å². The highest BCUT2D eigenvalue weighted by Crippen LogP contribution is 2.61. The Hall–Kier alpha value is -0.790. The molecule has 0 aromatic rings. The lowest BCUT2D eigenvalue weighted by Crippen LogP contribution is -2.49. The lowest BCUT2D eigenvalue weighted by molar-refractivity contribution is -0.122. The molecule has 3 unspecified atom stereocenters. The predicted octanol–water partition coefficient (Wildman–Crippen LogP) is 5.68. The van der Waals surface area contributed by atoms with Gasteiger partial charge in [-0.1, -0.05) is 59.1 Å². The van der Waals surface area contributed by atoms with Gasteiger partial charge in [0, 0.05) is 0 Å². The number of unbranched alkanes of at least 4 members (excludes halogenated alkanes) is 1. The number of hydrogen-bond acceptors (Lipinski definition) is 1. The molecule has 2 nitrogen and oxygen atoms in total. The second-order valence-electron chi connectivity index (χ2n) is 7.90. The van der Waals surface area contributed by atoms with E-state index in [2.05, 4.69) is 34.3 Å². The van der Waals surface area contributed by atoms with Gasteiger partial charge < -0.3 is 5.11 Å². The van der Waals surface area contributed by atoms with Crippen molar-refractivity contribution in [2.75, 3.05) is 0 Å². The van der Waals surface area contributed by atoms with E-state index in [9.17, 15) is 0 Å². The fourth-order valence-corrected chi connectivity index (χ4v) is 5.22. The molecule has 0 aromatic heterocycles. The molecule has 0 aromatic carbocycles. The Balaban J connectivity index is 0.000000677. The highest BCUT2D eigenvalue weighted by Gasteiger charge is 2.52. The molecule has 2 saturated carbocycles. The lowest BCUT2D eigenvalue weighted by Gasteiger charge is -2.58. The number of hydrogen-bond donors (Lipinski definition) is 1. The average molecular weight is 294 g/mol.